The lowest BCUT2D eigenvalue weighted by atomic mass is 10.3. The van der Waals surface area contributed by atoms with Crippen LogP contribution in [0.2, 0.25) is 0 Å². The normalized spacial score (nSPS) is 11.1. The minimum absolute atomic E-state index is 0.0700. The Labute approximate surface area is 136 Å². The highest BCUT2D eigenvalue weighted by molar-refractivity contribution is 7.93. The molecule has 126 valence electrons. The maximum atomic E-state index is 12.7. The molecule has 0 unspecified atom stereocenters. The van der Waals surface area contributed by atoms with Crippen LogP contribution in [0.15, 0.2) is 39.6 Å². The van der Waals surface area contributed by atoms with Crippen molar-refractivity contribution in [1.29, 1.82) is 0 Å². The molecule has 0 aliphatic heterocycles. The fourth-order valence-electron chi connectivity index (χ4n) is 2.01. The van der Waals surface area contributed by atoms with Crippen molar-refractivity contribution in [1.82, 2.24) is 9.78 Å². The first-order valence-electron chi connectivity index (χ1n) is 6.35. The molecule has 2 aromatic rings. The predicted molar refractivity (Wildman–Crippen MR) is 84.7 cm³/mol. The zero-order chi connectivity index (χ0) is 18.1. The highest BCUT2D eigenvalue weighted by Crippen LogP contribution is 2.33. The molecule has 2 rings (SSSR count). The number of carbonyl (C=O) groups is 1. The SMILES string of the molecule is CN(c1cn(C)nc1C(N)=O)S(=O)(=O)c1ccc(N=O)cc1N=O. The van der Waals surface area contributed by atoms with E-state index >= 15 is 0 Å². The van der Waals surface area contributed by atoms with Crippen LogP contribution >= 0.6 is 0 Å². The molecule has 0 atom stereocenters. The summed E-state index contributed by atoms with van der Waals surface area (Å²) in [5.41, 5.74) is 4.23. The lowest BCUT2D eigenvalue weighted by molar-refractivity contribution is 0.0995. The third kappa shape index (κ3) is 2.86. The zero-order valence-corrected chi connectivity index (χ0v) is 13.4. The van der Waals surface area contributed by atoms with Gasteiger partial charge in [-0.3, -0.25) is 13.8 Å². The van der Waals surface area contributed by atoms with Gasteiger partial charge in [0, 0.05) is 20.3 Å². The Morgan fingerprint density at radius 2 is 1.96 bits per heavy atom. The summed E-state index contributed by atoms with van der Waals surface area (Å²) in [5.74, 6) is -0.915. The number of amides is 1. The Morgan fingerprint density at radius 3 is 2.50 bits per heavy atom. The van der Waals surface area contributed by atoms with E-state index in [-0.39, 0.29) is 17.1 Å². The molecule has 1 heterocycles. The number of nitrogens with two attached hydrogens (primary N) is 1. The van der Waals surface area contributed by atoms with Crippen LogP contribution in [-0.4, -0.2) is 31.2 Å². The third-order valence-corrected chi connectivity index (χ3v) is 4.99. The summed E-state index contributed by atoms with van der Waals surface area (Å²) in [4.78, 5) is 32.4. The Morgan fingerprint density at radius 1 is 1.29 bits per heavy atom. The number of benzene rings is 1. The third-order valence-electron chi connectivity index (χ3n) is 3.17. The van der Waals surface area contributed by atoms with Crippen molar-refractivity contribution in [2.45, 2.75) is 4.90 Å². The number of anilines is 1. The molecule has 24 heavy (non-hydrogen) atoms. The minimum Gasteiger partial charge on any atom is -0.364 e. The van der Waals surface area contributed by atoms with Crippen LogP contribution in [0.1, 0.15) is 10.5 Å². The lowest BCUT2D eigenvalue weighted by Gasteiger charge is -2.19. The average Bonchev–Trinajstić information content (AvgIpc) is 2.95. The topological polar surface area (TPSA) is 157 Å². The highest BCUT2D eigenvalue weighted by atomic mass is 32.2. The number of aromatic nitrogens is 2. The quantitative estimate of drug-likeness (QED) is 0.768. The second kappa shape index (κ2) is 6.16. The van der Waals surface area contributed by atoms with Gasteiger partial charge >= 0.3 is 0 Å². The van der Waals surface area contributed by atoms with Gasteiger partial charge in [-0.2, -0.15) is 5.10 Å². The first-order valence-corrected chi connectivity index (χ1v) is 7.79. The smallest absolute Gasteiger partial charge is 0.271 e. The predicted octanol–water partition coefficient (Wildman–Crippen LogP) is 1.14. The summed E-state index contributed by atoms with van der Waals surface area (Å²) in [7, 11) is -1.62. The summed E-state index contributed by atoms with van der Waals surface area (Å²) < 4.78 is 27.4. The number of carbonyl (C=O) groups excluding carboxylic acids is 1. The number of nitrogens with zero attached hydrogens (tertiary/aromatic N) is 5. The van der Waals surface area contributed by atoms with Crippen molar-refractivity contribution >= 4 is 33.0 Å². The largest absolute Gasteiger partial charge is 0.364 e. The van der Waals surface area contributed by atoms with E-state index in [2.05, 4.69) is 15.5 Å². The number of sulfonamides is 1. The summed E-state index contributed by atoms with van der Waals surface area (Å²) in [5, 5.41) is 9.03. The first kappa shape index (κ1) is 17.2. The second-order valence-electron chi connectivity index (χ2n) is 4.71. The van der Waals surface area contributed by atoms with Crippen molar-refractivity contribution in [2.24, 2.45) is 23.1 Å². The van der Waals surface area contributed by atoms with E-state index in [0.29, 0.717) is 0 Å². The van der Waals surface area contributed by atoms with Crippen LogP contribution in [-0.2, 0) is 17.1 Å². The molecular weight excluding hydrogens is 340 g/mol. The van der Waals surface area contributed by atoms with Crippen LogP contribution in [0.4, 0.5) is 17.1 Å². The Balaban J connectivity index is 2.61. The van der Waals surface area contributed by atoms with Crippen molar-refractivity contribution in [3.8, 4) is 0 Å². The number of primary amides is 1. The molecule has 1 aromatic carbocycles. The molecule has 0 saturated heterocycles. The average molecular weight is 352 g/mol. The van der Waals surface area contributed by atoms with Gasteiger partial charge in [-0.05, 0) is 28.6 Å². The van der Waals surface area contributed by atoms with E-state index in [9.17, 15) is 23.0 Å². The Bertz CT molecular complexity index is 935. The van der Waals surface area contributed by atoms with Gasteiger partial charge in [-0.1, -0.05) is 0 Å². The molecule has 0 fully saturated rings. The molecule has 0 saturated carbocycles. The fourth-order valence-corrected chi connectivity index (χ4v) is 3.30. The second-order valence-corrected chi connectivity index (χ2v) is 6.65. The summed E-state index contributed by atoms with van der Waals surface area (Å²) in [6.07, 6.45) is 1.28. The van der Waals surface area contributed by atoms with Gasteiger partial charge in [-0.25, -0.2) is 8.42 Å². The van der Waals surface area contributed by atoms with Crippen molar-refractivity contribution in [3.63, 3.8) is 0 Å². The van der Waals surface area contributed by atoms with Crippen LogP contribution in [0.25, 0.3) is 0 Å². The molecule has 11 nitrogen and oxygen atoms in total. The molecule has 0 radical (unpaired) electrons. The fraction of sp³-hybridized carbons (Fsp3) is 0.167. The number of nitroso groups, excluding NO2 is 2. The Kier molecular flexibility index (Phi) is 4.41. The van der Waals surface area contributed by atoms with Gasteiger partial charge in [0.2, 0.25) is 0 Å². The van der Waals surface area contributed by atoms with Crippen LogP contribution < -0.4 is 10.0 Å². The van der Waals surface area contributed by atoms with Gasteiger partial charge in [0.15, 0.2) is 5.69 Å². The number of hydrogen-bond donors (Lipinski definition) is 1. The number of aryl methyl sites for hydroxylation is 1. The summed E-state index contributed by atoms with van der Waals surface area (Å²) in [6.45, 7) is 0. The molecular formula is C12H12N6O5S. The van der Waals surface area contributed by atoms with E-state index in [1.807, 2.05) is 0 Å². The first-order chi connectivity index (χ1) is 11.2. The molecule has 0 aliphatic carbocycles. The van der Waals surface area contributed by atoms with Crippen molar-refractivity contribution in [2.75, 3.05) is 11.4 Å². The van der Waals surface area contributed by atoms with E-state index in [0.717, 1.165) is 22.5 Å². The zero-order valence-electron chi connectivity index (χ0n) is 12.6. The number of rotatable bonds is 6. The van der Waals surface area contributed by atoms with Crippen LogP contribution in [0.3, 0.4) is 0 Å². The monoisotopic (exact) mass is 352 g/mol. The molecule has 1 amide bonds. The van der Waals surface area contributed by atoms with Gasteiger partial charge in [0.1, 0.15) is 22.0 Å². The van der Waals surface area contributed by atoms with Gasteiger partial charge in [-0.15, -0.1) is 9.81 Å². The van der Waals surface area contributed by atoms with Crippen LogP contribution in [0.5, 0.6) is 0 Å². The number of hydrogen-bond acceptors (Lipinski definition) is 8. The minimum atomic E-state index is -4.27. The summed E-state index contributed by atoms with van der Waals surface area (Å²) in [6, 6.07) is 3.10. The molecule has 1 aromatic heterocycles. The highest BCUT2D eigenvalue weighted by Gasteiger charge is 2.29. The van der Waals surface area contributed by atoms with E-state index in [4.69, 9.17) is 5.73 Å². The summed E-state index contributed by atoms with van der Waals surface area (Å²) >= 11 is 0. The van der Waals surface area contributed by atoms with Crippen LogP contribution in [0, 0.1) is 9.81 Å². The Hall–Kier alpha value is -3.15. The standard InChI is InChI=1S/C12H12N6O5S/c1-17-6-9(11(14-17)12(13)19)18(2)24(22,23)10-4-3-7(15-20)5-8(10)16-21/h3-6H,1-2H3,(H2,13,19). The maximum Gasteiger partial charge on any atom is 0.271 e. The molecule has 0 bridgehead atoms. The van der Waals surface area contributed by atoms with Crippen molar-refractivity contribution < 1.29 is 13.2 Å². The molecule has 0 aliphatic rings. The molecule has 2 N–H and O–H groups in total. The molecule has 12 heteroatoms. The van der Waals surface area contributed by atoms with Gasteiger partial charge < -0.3 is 5.73 Å². The van der Waals surface area contributed by atoms with Crippen molar-refractivity contribution in [3.05, 3.63) is 39.9 Å². The van der Waals surface area contributed by atoms with E-state index in [1.165, 1.54) is 25.0 Å². The van der Waals surface area contributed by atoms with Gasteiger partial charge in [0.05, 0.1) is 0 Å². The van der Waals surface area contributed by atoms with E-state index in [1.54, 1.807) is 0 Å². The molecule has 0 spiro atoms. The lowest BCUT2D eigenvalue weighted by Crippen LogP contribution is -2.28. The van der Waals surface area contributed by atoms with Gasteiger partial charge in [0.25, 0.3) is 15.9 Å². The maximum absolute atomic E-state index is 12.7. The van der Waals surface area contributed by atoms with E-state index < -0.39 is 26.5 Å².